The Morgan fingerprint density at radius 2 is 1.45 bits per heavy atom. The molecule has 146 valence electrons. The van der Waals surface area contributed by atoms with Crippen molar-refractivity contribution in [3.63, 3.8) is 0 Å². The number of hydrogen-bond acceptors (Lipinski definition) is 6. The lowest BCUT2D eigenvalue weighted by atomic mass is 10.2. The van der Waals surface area contributed by atoms with Gasteiger partial charge in [0.2, 0.25) is 11.8 Å². The summed E-state index contributed by atoms with van der Waals surface area (Å²) in [5.74, 6) is 1.30. The molecule has 0 saturated heterocycles. The van der Waals surface area contributed by atoms with Crippen molar-refractivity contribution >= 4 is 10.0 Å². The number of aromatic nitrogens is 3. The van der Waals surface area contributed by atoms with Gasteiger partial charge < -0.3 is 14.0 Å². The molecule has 8 nitrogen and oxygen atoms in total. The second-order valence-electron chi connectivity index (χ2n) is 5.98. The van der Waals surface area contributed by atoms with Gasteiger partial charge in [0.25, 0.3) is 0 Å². The number of sulfonamides is 1. The van der Waals surface area contributed by atoms with Crippen LogP contribution >= 0.6 is 0 Å². The molecule has 0 atom stereocenters. The molecule has 4 rings (SSSR count). The number of methoxy groups -OCH3 is 1. The van der Waals surface area contributed by atoms with Crippen molar-refractivity contribution in [2.24, 2.45) is 0 Å². The third-order valence-electron chi connectivity index (χ3n) is 4.07. The number of benzene rings is 2. The lowest BCUT2D eigenvalue weighted by Crippen LogP contribution is -2.31. The van der Waals surface area contributed by atoms with E-state index in [4.69, 9.17) is 9.15 Å². The highest BCUT2D eigenvalue weighted by Gasteiger charge is 2.13. The Hall–Kier alpha value is -3.72. The van der Waals surface area contributed by atoms with Crippen LogP contribution in [0.2, 0.25) is 0 Å². The van der Waals surface area contributed by atoms with Gasteiger partial charge in [-0.15, -0.1) is 10.2 Å². The van der Waals surface area contributed by atoms with Crippen molar-refractivity contribution in [2.45, 2.75) is 4.90 Å². The first-order chi connectivity index (χ1) is 14.0. The molecule has 9 heteroatoms. The molecule has 0 radical (unpaired) electrons. The molecule has 0 N–H and O–H groups in total. The molecule has 0 saturated carbocycles. The number of ether oxygens (including phenoxy) is 1. The lowest BCUT2D eigenvalue weighted by Gasteiger charge is -2.14. The predicted molar refractivity (Wildman–Crippen MR) is 104 cm³/mol. The minimum absolute atomic E-state index is 0.0688. The smallest absolute Gasteiger partial charge is 0.248 e. The van der Waals surface area contributed by atoms with Crippen LogP contribution in [0.15, 0.2) is 88.4 Å². The van der Waals surface area contributed by atoms with Crippen LogP contribution in [0.5, 0.6) is 5.75 Å². The van der Waals surface area contributed by atoms with E-state index in [0.29, 0.717) is 23.1 Å². The van der Waals surface area contributed by atoms with Crippen LogP contribution in [0, 0.1) is 0 Å². The van der Waals surface area contributed by atoms with Crippen molar-refractivity contribution in [2.75, 3.05) is 7.11 Å². The van der Waals surface area contributed by atoms with Gasteiger partial charge in [0.05, 0.1) is 17.6 Å². The van der Waals surface area contributed by atoms with Gasteiger partial charge in [0, 0.05) is 17.7 Å². The molecule has 4 aromatic rings. The van der Waals surface area contributed by atoms with E-state index >= 15 is 0 Å². The topological polar surface area (TPSA) is 100 Å². The first-order valence-corrected chi connectivity index (χ1v) is 10.0. The van der Waals surface area contributed by atoms with Crippen molar-refractivity contribution < 1.29 is 22.2 Å². The number of rotatable bonds is 6. The van der Waals surface area contributed by atoms with Gasteiger partial charge >= 0.3 is 0 Å². The zero-order chi connectivity index (χ0) is 20.3. The summed E-state index contributed by atoms with van der Waals surface area (Å²) in [6, 6.07) is 18.7. The maximum absolute atomic E-state index is 12.4. The first kappa shape index (κ1) is 18.6. The van der Waals surface area contributed by atoms with Crippen molar-refractivity contribution in [1.82, 2.24) is 10.2 Å². The molecule has 0 bridgehead atoms. The molecule has 0 amide bonds. The summed E-state index contributed by atoms with van der Waals surface area (Å²) in [7, 11) is -2.36. The summed E-state index contributed by atoms with van der Waals surface area (Å²) < 4.78 is 36.8. The quantitative estimate of drug-likeness (QED) is 0.454. The second-order valence-corrected chi connectivity index (χ2v) is 7.56. The van der Waals surface area contributed by atoms with Crippen LogP contribution in [0.25, 0.3) is 27.7 Å². The highest BCUT2D eigenvalue weighted by atomic mass is 32.2. The fourth-order valence-electron chi connectivity index (χ4n) is 2.57. The Bertz CT molecular complexity index is 1210. The van der Waals surface area contributed by atoms with Gasteiger partial charge in [-0.1, -0.05) is 18.2 Å². The highest BCUT2D eigenvalue weighted by Crippen LogP contribution is 2.23. The van der Waals surface area contributed by atoms with E-state index in [9.17, 15) is 8.42 Å². The molecule has 0 aliphatic rings. The minimum atomic E-state index is -3.87. The maximum Gasteiger partial charge on any atom is 0.248 e. The number of nitrogens with zero attached hydrogens (tertiary/aromatic N) is 4. The molecular weight excluding hydrogens is 392 g/mol. The lowest BCUT2D eigenvalue weighted by molar-refractivity contribution is -0.613. The molecule has 2 aromatic heterocycles. The fraction of sp³-hybridized carbons (Fsp3) is 0.0500. The van der Waals surface area contributed by atoms with Gasteiger partial charge in [-0.3, -0.25) is 0 Å². The molecular formula is C20H16N4O4S. The van der Waals surface area contributed by atoms with E-state index < -0.39 is 10.0 Å². The van der Waals surface area contributed by atoms with Crippen LogP contribution < -0.4 is 9.41 Å². The van der Waals surface area contributed by atoms with Crippen LogP contribution in [-0.4, -0.2) is 25.7 Å². The molecule has 29 heavy (non-hydrogen) atoms. The molecule has 0 unspecified atom stereocenters. The largest absolute Gasteiger partial charge is 0.497 e. The molecule has 0 aliphatic carbocycles. The monoisotopic (exact) mass is 408 g/mol. The maximum atomic E-state index is 12.4. The normalized spacial score (nSPS) is 11.2. The summed E-state index contributed by atoms with van der Waals surface area (Å²) >= 11 is 0. The molecule has 0 fully saturated rings. The third-order valence-corrected chi connectivity index (χ3v) is 5.34. The Morgan fingerprint density at radius 1 is 0.862 bits per heavy atom. The highest BCUT2D eigenvalue weighted by molar-refractivity contribution is 7.93. The number of pyridine rings is 1. The van der Waals surface area contributed by atoms with E-state index in [1.807, 2.05) is 30.3 Å². The van der Waals surface area contributed by atoms with E-state index in [1.54, 1.807) is 24.3 Å². The van der Waals surface area contributed by atoms with Gasteiger partial charge in [0.15, 0.2) is 22.4 Å². The van der Waals surface area contributed by atoms with Crippen molar-refractivity contribution in [1.29, 1.82) is 0 Å². The average Bonchev–Trinajstić information content (AvgIpc) is 3.25. The van der Waals surface area contributed by atoms with Gasteiger partial charge in [0.1, 0.15) is 5.75 Å². The van der Waals surface area contributed by atoms with Gasteiger partial charge in [-0.25, -0.2) is 13.1 Å². The molecule has 2 heterocycles. The van der Waals surface area contributed by atoms with E-state index in [-0.39, 0.29) is 4.90 Å². The van der Waals surface area contributed by atoms with E-state index in [0.717, 1.165) is 5.56 Å². The molecule has 2 aromatic carbocycles. The van der Waals surface area contributed by atoms with Gasteiger partial charge in [-0.05, 0) is 36.4 Å². The van der Waals surface area contributed by atoms with Crippen LogP contribution in [0.1, 0.15) is 0 Å². The van der Waals surface area contributed by atoms with Crippen LogP contribution in [-0.2, 0) is 10.0 Å². The zero-order valence-electron chi connectivity index (χ0n) is 15.3. The van der Waals surface area contributed by atoms with Gasteiger partial charge in [-0.2, -0.15) is 0 Å². The summed E-state index contributed by atoms with van der Waals surface area (Å²) in [5.41, 5.74) is 1.46. The SMILES string of the molecule is COc1ccc(S(=O)(=O)[N-][n+]2ccc(-c3nnc(-c4ccccc4)o3)cc2)cc1. The summed E-state index contributed by atoms with van der Waals surface area (Å²) in [6.07, 6.45) is 3.01. The Kier molecular flexibility index (Phi) is 4.96. The fourth-order valence-corrected chi connectivity index (χ4v) is 3.50. The van der Waals surface area contributed by atoms with Crippen LogP contribution in [0.3, 0.4) is 0 Å². The third kappa shape index (κ3) is 4.09. The average molecular weight is 408 g/mol. The Balaban J connectivity index is 1.51. The summed E-state index contributed by atoms with van der Waals surface area (Å²) in [5, 5.41) is 8.09. The Labute approximate surface area is 167 Å². The number of hydrogen-bond donors (Lipinski definition) is 0. The minimum Gasteiger partial charge on any atom is -0.497 e. The van der Waals surface area contributed by atoms with Crippen molar-refractivity contribution in [3.8, 4) is 28.7 Å². The van der Waals surface area contributed by atoms with Crippen molar-refractivity contribution in [3.05, 3.63) is 84.0 Å². The summed E-state index contributed by atoms with van der Waals surface area (Å²) in [6.45, 7) is 0. The first-order valence-electron chi connectivity index (χ1n) is 8.58. The summed E-state index contributed by atoms with van der Waals surface area (Å²) in [4.78, 5) is 3.85. The van der Waals surface area contributed by atoms with E-state index in [2.05, 4.69) is 15.0 Å². The van der Waals surface area contributed by atoms with E-state index in [1.165, 1.54) is 36.3 Å². The van der Waals surface area contributed by atoms with Crippen LogP contribution in [0.4, 0.5) is 0 Å². The predicted octanol–water partition coefficient (Wildman–Crippen LogP) is 3.23. The Morgan fingerprint density at radius 3 is 2.03 bits per heavy atom. The standard InChI is InChI=1S/C20H16N4O4S/c1-27-17-7-9-18(10-8-17)29(25,26)23-24-13-11-16(12-14-24)20-22-21-19(28-20)15-5-3-2-4-6-15/h2-14H,1H3. The molecule has 0 spiro atoms. The molecule has 0 aliphatic heterocycles. The second kappa shape index (κ2) is 7.72. The zero-order valence-corrected chi connectivity index (χ0v) is 16.2.